The van der Waals surface area contributed by atoms with Crippen LogP contribution >= 0.6 is 0 Å². The number of ether oxygens (including phenoxy) is 2. The van der Waals surface area contributed by atoms with Gasteiger partial charge in [0.25, 0.3) is 5.91 Å². The van der Waals surface area contributed by atoms with Gasteiger partial charge in [0.05, 0.1) is 13.2 Å². The molecule has 30 heavy (non-hydrogen) atoms. The predicted molar refractivity (Wildman–Crippen MR) is 121 cm³/mol. The van der Waals surface area contributed by atoms with Gasteiger partial charge in [-0.25, -0.2) is 0 Å². The van der Waals surface area contributed by atoms with E-state index >= 15 is 0 Å². The summed E-state index contributed by atoms with van der Waals surface area (Å²) in [6.07, 6.45) is 4.07. The lowest BCUT2D eigenvalue weighted by molar-refractivity contribution is 0.102. The van der Waals surface area contributed by atoms with Crippen LogP contribution in [0.5, 0.6) is 11.5 Å². The van der Waals surface area contributed by atoms with E-state index in [2.05, 4.69) is 36.5 Å². The first kappa shape index (κ1) is 21.4. The second kappa shape index (κ2) is 11.7. The number of nitrogens with one attached hydrogen (secondary N) is 1. The van der Waals surface area contributed by atoms with Gasteiger partial charge in [-0.3, -0.25) is 4.79 Å². The third-order valence-electron chi connectivity index (χ3n) is 4.72. The topological polar surface area (TPSA) is 47.6 Å². The monoisotopic (exact) mass is 403 g/mol. The molecule has 0 saturated carbocycles. The summed E-state index contributed by atoms with van der Waals surface area (Å²) < 4.78 is 11.4. The molecular weight excluding hydrogens is 374 g/mol. The molecule has 0 spiro atoms. The van der Waals surface area contributed by atoms with E-state index in [-0.39, 0.29) is 5.91 Å². The molecule has 0 radical (unpaired) electrons. The van der Waals surface area contributed by atoms with Crippen LogP contribution in [0.4, 0.5) is 5.69 Å². The highest BCUT2D eigenvalue weighted by Crippen LogP contribution is 2.18. The number of anilines is 1. The number of hydrogen-bond donors (Lipinski definition) is 1. The maximum Gasteiger partial charge on any atom is 0.255 e. The molecule has 0 heterocycles. The Morgan fingerprint density at radius 2 is 1.37 bits per heavy atom. The average Bonchev–Trinajstić information content (AvgIpc) is 2.79. The average molecular weight is 404 g/mol. The minimum atomic E-state index is -0.147. The molecular formula is C26H29NO3. The number of rotatable bonds is 11. The minimum absolute atomic E-state index is 0.147. The lowest BCUT2D eigenvalue weighted by atomic mass is 10.1. The fourth-order valence-corrected chi connectivity index (χ4v) is 2.99. The summed E-state index contributed by atoms with van der Waals surface area (Å²) in [5.74, 6) is 1.44. The first-order chi connectivity index (χ1) is 14.7. The molecule has 0 unspecified atom stereocenters. The Hall–Kier alpha value is -3.27. The van der Waals surface area contributed by atoms with E-state index in [0.717, 1.165) is 42.9 Å². The van der Waals surface area contributed by atoms with Crippen molar-refractivity contribution in [2.24, 2.45) is 0 Å². The van der Waals surface area contributed by atoms with Crippen molar-refractivity contribution in [1.82, 2.24) is 0 Å². The van der Waals surface area contributed by atoms with E-state index < -0.39 is 0 Å². The zero-order valence-electron chi connectivity index (χ0n) is 17.5. The maximum absolute atomic E-state index is 12.4. The Kier molecular flexibility index (Phi) is 8.34. The van der Waals surface area contributed by atoms with Crippen LogP contribution in [-0.2, 0) is 6.42 Å². The molecule has 0 bridgehead atoms. The summed E-state index contributed by atoms with van der Waals surface area (Å²) in [6, 6.07) is 25.1. The van der Waals surface area contributed by atoms with Crippen LogP contribution in [-0.4, -0.2) is 19.1 Å². The van der Waals surface area contributed by atoms with E-state index in [1.165, 1.54) is 5.56 Å². The van der Waals surface area contributed by atoms with Crippen molar-refractivity contribution in [3.8, 4) is 11.5 Å². The molecule has 0 fully saturated rings. The zero-order valence-corrected chi connectivity index (χ0v) is 17.5. The van der Waals surface area contributed by atoms with E-state index in [0.29, 0.717) is 18.8 Å². The first-order valence-corrected chi connectivity index (χ1v) is 10.6. The quantitative estimate of drug-likeness (QED) is 0.392. The maximum atomic E-state index is 12.4. The van der Waals surface area contributed by atoms with Crippen molar-refractivity contribution in [3.05, 3.63) is 90.0 Å². The summed E-state index contributed by atoms with van der Waals surface area (Å²) in [5, 5.41) is 2.91. The van der Waals surface area contributed by atoms with Crippen LogP contribution in [0.15, 0.2) is 78.9 Å². The normalized spacial score (nSPS) is 10.4. The second-order valence-corrected chi connectivity index (χ2v) is 7.14. The van der Waals surface area contributed by atoms with Gasteiger partial charge in [-0.05, 0) is 73.4 Å². The summed E-state index contributed by atoms with van der Waals surface area (Å²) in [6.45, 7) is 3.48. The number of unbranched alkanes of at least 4 members (excludes halogenated alkanes) is 1. The van der Waals surface area contributed by atoms with Gasteiger partial charge in [-0.15, -0.1) is 0 Å². The van der Waals surface area contributed by atoms with Gasteiger partial charge >= 0.3 is 0 Å². The van der Waals surface area contributed by atoms with Crippen molar-refractivity contribution in [1.29, 1.82) is 0 Å². The molecule has 3 aromatic carbocycles. The summed E-state index contributed by atoms with van der Waals surface area (Å²) in [7, 11) is 0. The molecule has 1 N–H and O–H groups in total. The number of aryl methyl sites for hydroxylation is 1. The molecule has 156 valence electrons. The second-order valence-electron chi connectivity index (χ2n) is 7.14. The van der Waals surface area contributed by atoms with Crippen LogP contribution in [0, 0.1) is 0 Å². The molecule has 3 rings (SSSR count). The standard InChI is InChI=1S/C26H29NO3/c1-2-3-19-29-24-15-11-22(12-16-24)26(28)27-23-13-17-25(18-14-23)30-20-7-10-21-8-5-4-6-9-21/h4-6,8-9,11-18H,2-3,7,10,19-20H2,1H3,(H,27,28). The van der Waals surface area contributed by atoms with E-state index in [1.807, 2.05) is 42.5 Å². The molecule has 3 aromatic rings. The van der Waals surface area contributed by atoms with Crippen LogP contribution in [0.2, 0.25) is 0 Å². The minimum Gasteiger partial charge on any atom is -0.494 e. The Labute approximate surface area is 178 Å². The molecule has 0 aliphatic rings. The van der Waals surface area contributed by atoms with Crippen LogP contribution < -0.4 is 14.8 Å². The highest BCUT2D eigenvalue weighted by atomic mass is 16.5. The summed E-state index contributed by atoms with van der Waals surface area (Å²) in [4.78, 5) is 12.4. The van der Waals surface area contributed by atoms with Gasteiger partial charge in [0.2, 0.25) is 0 Å². The molecule has 1 amide bonds. The largest absolute Gasteiger partial charge is 0.494 e. The number of hydrogen-bond acceptors (Lipinski definition) is 3. The van der Waals surface area contributed by atoms with Crippen LogP contribution in [0.1, 0.15) is 42.1 Å². The highest BCUT2D eigenvalue weighted by Gasteiger charge is 2.07. The molecule has 0 aliphatic heterocycles. The van der Waals surface area contributed by atoms with Crippen molar-refractivity contribution in [2.45, 2.75) is 32.6 Å². The van der Waals surface area contributed by atoms with Crippen molar-refractivity contribution in [3.63, 3.8) is 0 Å². The number of carbonyl (C=O) groups excluding carboxylic acids is 1. The number of carbonyl (C=O) groups is 1. The van der Waals surface area contributed by atoms with Gasteiger partial charge in [0, 0.05) is 11.3 Å². The van der Waals surface area contributed by atoms with Gasteiger partial charge in [-0.1, -0.05) is 43.7 Å². The summed E-state index contributed by atoms with van der Waals surface area (Å²) >= 11 is 0. The Morgan fingerprint density at radius 3 is 2.00 bits per heavy atom. The lowest BCUT2D eigenvalue weighted by Crippen LogP contribution is -2.11. The van der Waals surface area contributed by atoms with Crippen molar-refractivity contribution < 1.29 is 14.3 Å². The van der Waals surface area contributed by atoms with Gasteiger partial charge in [0.15, 0.2) is 0 Å². The summed E-state index contributed by atoms with van der Waals surface area (Å²) in [5.41, 5.74) is 2.65. The highest BCUT2D eigenvalue weighted by molar-refractivity contribution is 6.04. The molecule has 0 saturated heterocycles. The Bertz CT molecular complexity index is 890. The van der Waals surface area contributed by atoms with Crippen LogP contribution in [0.25, 0.3) is 0 Å². The Balaban J connectivity index is 1.42. The molecule has 4 nitrogen and oxygen atoms in total. The van der Waals surface area contributed by atoms with Gasteiger partial charge < -0.3 is 14.8 Å². The van der Waals surface area contributed by atoms with E-state index in [4.69, 9.17) is 9.47 Å². The van der Waals surface area contributed by atoms with Crippen molar-refractivity contribution in [2.75, 3.05) is 18.5 Å². The lowest BCUT2D eigenvalue weighted by Gasteiger charge is -2.09. The first-order valence-electron chi connectivity index (χ1n) is 10.6. The number of amides is 1. The molecule has 0 aromatic heterocycles. The third-order valence-corrected chi connectivity index (χ3v) is 4.72. The predicted octanol–water partition coefficient (Wildman–Crippen LogP) is 6.13. The fourth-order valence-electron chi connectivity index (χ4n) is 2.99. The van der Waals surface area contributed by atoms with Crippen molar-refractivity contribution >= 4 is 11.6 Å². The molecule has 0 atom stereocenters. The zero-order chi connectivity index (χ0) is 21.0. The SMILES string of the molecule is CCCCOc1ccc(C(=O)Nc2ccc(OCCCc3ccccc3)cc2)cc1. The van der Waals surface area contributed by atoms with Gasteiger partial charge in [0.1, 0.15) is 11.5 Å². The Morgan fingerprint density at radius 1 is 0.767 bits per heavy atom. The number of benzene rings is 3. The van der Waals surface area contributed by atoms with Gasteiger partial charge in [-0.2, -0.15) is 0 Å². The third kappa shape index (κ3) is 6.96. The van der Waals surface area contributed by atoms with E-state index in [1.54, 1.807) is 12.1 Å². The molecule has 0 aliphatic carbocycles. The molecule has 4 heteroatoms. The smallest absolute Gasteiger partial charge is 0.255 e. The van der Waals surface area contributed by atoms with E-state index in [9.17, 15) is 4.79 Å². The van der Waals surface area contributed by atoms with Crippen LogP contribution in [0.3, 0.4) is 0 Å². The fraction of sp³-hybridized carbons (Fsp3) is 0.269.